The Morgan fingerprint density at radius 3 is 2.71 bits per heavy atom. The SMILES string of the molecule is CCOC(=O)C(C)(NC(C)C)c1ccccn1. The lowest BCUT2D eigenvalue weighted by atomic mass is 9.96. The van der Waals surface area contributed by atoms with Crippen LogP contribution in [-0.2, 0) is 15.1 Å². The number of hydrogen-bond acceptors (Lipinski definition) is 4. The Hall–Kier alpha value is -1.42. The van der Waals surface area contributed by atoms with E-state index in [0.29, 0.717) is 12.3 Å². The van der Waals surface area contributed by atoms with E-state index in [0.717, 1.165) is 0 Å². The topological polar surface area (TPSA) is 51.2 Å². The van der Waals surface area contributed by atoms with E-state index in [4.69, 9.17) is 4.74 Å². The number of nitrogens with zero attached hydrogens (tertiary/aromatic N) is 1. The standard InChI is InChI=1S/C13H20N2O2/c1-5-17-12(16)13(4,15-10(2)3)11-8-6-7-9-14-11/h6-10,15H,5H2,1-4H3. The minimum Gasteiger partial charge on any atom is -0.464 e. The van der Waals surface area contributed by atoms with E-state index in [1.807, 2.05) is 32.0 Å². The Kier molecular flexibility index (Phi) is 4.63. The van der Waals surface area contributed by atoms with Gasteiger partial charge in [-0.25, -0.2) is 4.79 Å². The molecule has 1 atom stereocenters. The summed E-state index contributed by atoms with van der Waals surface area (Å²) in [4.78, 5) is 16.3. The van der Waals surface area contributed by atoms with Gasteiger partial charge in [0.2, 0.25) is 0 Å². The first-order valence-electron chi connectivity index (χ1n) is 5.87. The number of hydrogen-bond donors (Lipinski definition) is 1. The van der Waals surface area contributed by atoms with Crippen molar-refractivity contribution in [3.63, 3.8) is 0 Å². The van der Waals surface area contributed by atoms with Crippen molar-refractivity contribution >= 4 is 5.97 Å². The summed E-state index contributed by atoms with van der Waals surface area (Å²) < 4.78 is 5.12. The molecule has 1 aromatic heterocycles. The Morgan fingerprint density at radius 1 is 1.53 bits per heavy atom. The predicted molar refractivity (Wildman–Crippen MR) is 66.5 cm³/mol. The lowest BCUT2D eigenvalue weighted by Gasteiger charge is -2.30. The number of pyridine rings is 1. The van der Waals surface area contributed by atoms with Crippen molar-refractivity contribution < 1.29 is 9.53 Å². The van der Waals surface area contributed by atoms with E-state index in [1.165, 1.54) is 0 Å². The molecular formula is C13H20N2O2. The summed E-state index contributed by atoms with van der Waals surface area (Å²) in [7, 11) is 0. The van der Waals surface area contributed by atoms with Crippen LogP contribution in [0.4, 0.5) is 0 Å². The second-order valence-corrected chi connectivity index (χ2v) is 4.36. The van der Waals surface area contributed by atoms with Crippen LogP contribution in [0.5, 0.6) is 0 Å². The van der Waals surface area contributed by atoms with Crippen LogP contribution in [0.15, 0.2) is 24.4 Å². The normalized spacial score (nSPS) is 14.4. The van der Waals surface area contributed by atoms with Crippen LogP contribution in [0.3, 0.4) is 0 Å². The number of carbonyl (C=O) groups excluding carboxylic acids is 1. The smallest absolute Gasteiger partial charge is 0.332 e. The van der Waals surface area contributed by atoms with Gasteiger partial charge < -0.3 is 4.74 Å². The van der Waals surface area contributed by atoms with Gasteiger partial charge in [0.15, 0.2) is 5.54 Å². The molecule has 0 aliphatic heterocycles. The molecule has 0 fully saturated rings. The highest BCUT2D eigenvalue weighted by Crippen LogP contribution is 2.21. The highest BCUT2D eigenvalue weighted by Gasteiger charge is 2.38. The van der Waals surface area contributed by atoms with Crippen LogP contribution < -0.4 is 5.32 Å². The fourth-order valence-corrected chi connectivity index (χ4v) is 1.75. The number of carbonyl (C=O) groups is 1. The van der Waals surface area contributed by atoms with Gasteiger partial charge in [0.25, 0.3) is 0 Å². The van der Waals surface area contributed by atoms with Gasteiger partial charge in [-0.3, -0.25) is 10.3 Å². The monoisotopic (exact) mass is 236 g/mol. The summed E-state index contributed by atoms with van der Waals surface area (Å²) in [5.74, 6) is -0.299. The maximum Gasteiger partial charge on any atom is 0.332 e. The Balaban J connectivity index is 3.06. The summed E-state index contributed by atoms with van der Waals surface area (Å²) in [5.41, 5.74) is -0.224. The molecule has 0 amide bonds. The van der Waals surface area contributed by atoms with Gasteiger partial charge in [-0.15, -0.1) is 0 Å². The lowest BCUT2D eigenvalue weighted by molar-refractivity contribution is -0.151. The first kappa shape index (κ1) is 13.6. The van der Waals surface area contributed by atoms with Gasteiger partial charge in [-0.1, -0.05) is 6.07 Å². The molecule has 4 heteroatoms. The average Bonchev–Trinajstić information content (AvgIpc) is 2.29. The van der Waals surface area contributed by atoms with Crippen molar-refractivity contribution in [2.75, 3.05) is 6.61 Å². The molecule has 0 saturated heterocycles. The summed E-state index contributed by atoms with van der Waals surface area (Å²) in [6.45, 7) is 7.93. The molecule has 1 unspecified atom stereocenters. The van der Waals surface area contributed by atoms with Crippen LogP contribution in [0.25, 0.3) is 0 Å². The zero-order chi connectivity index (χ0) is 12.9. The van der Waals surface area contributed by atoms with Gasteiger partial charge in [0.1, 0.15) is 0 Å². The highest BCUT2D eigenvalue weighted by molar-refractivity contribution is 5.81. The number of ether oxygens (including phenoxy) is 1. The first-order chi connectivity index (χ1) is 8.00. The summed E-state index contributed by atoms with van der Waals surface area (Å²) in [6.07, 6.45) is 1.68. The number of rotatable bonds is 5. The van der Waals surface area contributed by atoms with E-state index in [-0.39, 0.29) is 12.0 Å². The minimum atomic E-state index is -0.897. The average molecular weight is 236 g/mol. The van der Waals surface area contributed by atoms with Crippen molar-refractivity contribution in [3.05, 3.63) is 30.1 Å². The molecule has 0 bridgehead atoms. The molecule has 0 aliphatic rings. The van der Waals surface area contributed by atoms with E-state index >= 15 is 0 Å². The molecule has 1 rings (SSSR count). The third-order valence-corrected chi connectivity index (χ3v) is 2.44. The predicted octanol–water partition coefficient (Wildman–Crippen LogP) is 1.86. The summed E-state index contributed by atoms with van der Waals surface area (Å²) in [5, 5.41) is 3.22. The zero-order valence-corrected chi connectivity index (χ0v) is 10.9. The summed E-state index contributed by atoms with van der Waals surface area (Å²) in [6, 6.07) is 5.67. The van der Waals surface area contributed by atoms with E-state index in [9.17, 15) is 4.79 Å². The Bertz CT molecular complexity index is 365. The van der Waals surface area contributed by atoms with Crippen molar-refractivity contribution in [2.45, 2.75) is 39.3 Å². The quantitative estimate of drug-likeness (QED) is 0.793. The molecule has 17 heavy (non-hydrogen) atoms. The molecule has 4 nitrogen and oxygen atoms in total. The van der Waals surface area contributed by atoms with Gasteiger partial charge in [0.05, 0.1) is 12.3 Å². The number of esters is 1. The molecule has 0 aliphatic carbocycles. The second kappa shape index (κ2) is 5.77. The molecule has 0 spiro atoms. The van der Waals surface area contributed by atoms with Crippen LogP contribution in [0, 0.1) is 0 Å². The summed E-state index contributed by atoms with van der Waals surface area (Å²) >= 11 is 0. The van der Waals surface area contributed by atoms with Gasteiger partial charge >= 0.3 is 5.97 Å². The molecule has 0 aromatic carbocycles. The zero-order valence-electron chi connectivity index (χ0n) is 10.9. The molecular weight excluding hydrogens is 216 g/mol. The fraction of sp³-hybridized carbons (Fsp3) is 0.538. The van der Waals surface area contributed by atoms with Crippen molar-refractivity contribution in [3.8, 4) is 0 Å². The van der Waals surface area contributed by atoms with Gasteiger partial charge in [-0.2, -0.15) is 0 Å². The van der Waals surface area contributed by atoms with Crippen LogP contribution in [0.2, 0.25) is 0 Å². The molecule has 0 saturated carbocycles. The molecule has 0 radical (unpaired) electrons. The first-order valence-corrected chi connectivity index (χ1v) is 5.87. The second-order valence-electron chi connectivity index (χ2n) is 4.36. The van der Waals surface area contributed by atoms with E-state index in [2.05, 4.69) is 10.3 Å². The van der Waals surface area contributed by atoms with Crippen LogP contribution >= 0.6 is 0 Å². The van der Waals surface area contributed by atoms with Crippen molar-refractivity contribution in [1.82, 2.24) is 10.3 Å². The fourth-order valence-electron chi connectivity index (χ4n) is 1.75. The molecule has 1 aromatic rings. The van der Waals surface area contributed by atoms with Crippen molar-refractivity contribution in [2.24, 2.45) is 0 Å². The Labute approximate surface area is 102 Å². The third-order valence-electron chi connectivity index (χ3n) is 2.44. The maximum absolute atomic E-state index is 12.1. The van der Waals surface area contributed by atoms with E-state index in [1.54, 1.807) is 20.0 Å². The van der Waals surface area contributed by atoms with Crippen LogP contribution in [0.1, 0.15) is 33.4 Å². The number of aromatic nitrogens is 1. The van der Waals surface area contributed by atoms with Gasteiger partial charge in [-0.05, 0) is 39.8 Å². The molecule has 1 heterocycles. The highest BCUT2D eigenvalue weighted by atomic mass is 16.5. The largest absolute Gasteiger partial charge is 0.464 e. The third kappa shape index (κ3) is 3.27. The Morgan fingerprint density at radius 2 is 2.24 bits per heavy atom. The number of nitrogens with one attached hydrogen (secondary N) is 1. The van der Waals surface area contributed by atoms with E-state index < -0.39 is 5.54 Å². The van der Waals surface area contributed by atoms with Crippen molar-refractivity contribution in [1.29, 1.82) is 0 Å². The maximum atomic E-state index is 12.1. The lowest BCUT2D eigenvalue weighted by Crippen LogP contribution is -2.51. The van der Waals surface area contributed by atoms with Crippen LogP contribution in [-0.4, -0.2) is 23.6 Å². The molecule has 94 valence electrons. The molecule has 1 N–H and O–H groups in total. The minimum absolute atomic E-state index is 0.159. The van der Waals surface area contributed by atoms with Gasteiger partial charge in [0, 0.05) is 12.2 Å².